The van der Waals surface area contributed by atoms with Crippen molar-refractivity contribution in [2.45, 2.75) is 15.5 Å². The molecule has 0 spiro atoms. The van der Waals surface area contributed by atoms with Crippen molar-refractivity contribution in [1.29, 1.82) is 0 Å². The number of rotatable bonds is 4. The van der Waals surface area contributed by atoms with Gasteiger partial charge in [0.25, 0.3) is 0 Å². The Balaban J connectivity index is 2.02. The van der Waals surface area contributed by atoms with E-state index in [2.05, 4.69) is 4.94 Å². The van der Waals surface area contributed by atoms with E-state index in [1.165, 1.54) is 6.07 Å². The standard InChI is InChI=1S/C21H15O5.CH3.Sn/c1-11-2-5-14(21(24)25)17(8-11)20-15-6-3-12(22)9-18(15)26-19-10-13(23)4-7-16(19)20;;/h2-10,18,22-23H,1H2,(H,24,25);1H3;. The van der Waals surface area contributed by atoms with Crippen molar-refractivity contribution < 1.29 is 24.9 Å². The molecule has 3 N–H and O–H groups in total. The molecule has 0 fully saturated rings. The second-order valence-electron chi connectivity index (χ2n) is 6.69. The van der Waals surface area contributed by atoms with Crippen LogP contribution >= 0.6 is 0 Å². The van der Waals surface area contributed by atoms with Crippen LogP contribution in [0.2, 0.25) is 4.94 Å². The Morgan fingerprint density at radius 2 is 1.93 bits per heavy atom. The maximum absolute atomic E-state index is 12.0. The van der Waals surface area contributed by atoms with Gasteiger partial charge < -0.3 is 0 Å². The number of carboxylic acids is 1. The Morgan fingerprint density at radius 1 is 1.11 bits per heavy atom. The zero-order chi connectivity index (χ0) is 19.8. The second kappa shape index (κ2) is 7.39. The molecule has 0 saturated carbocycles. The topological polar surface area (TPSA) is 87.0 Å². The Morgan fingerprint density at radius 3 is 2.68 bits per heavy atom. The molecule has 4 rings (SSSR count). The fourth-order valence-electron chi connectivity index (χ4n) is 3.60. The zero-order valence-electron chi connectivity index (χ0n) is 15.1. The molecule has 2 aromatic rings. The molecule has 0 bridgehead atoms. The van der Waals surface area contributed by atoms with E-state index in [0.717, 1.165) is 26.7 Å². The van der Waals surface area contributed by atoms with Gasteiger partial charge in [-0.15, -0.1) is 0 Å². The summed E-state index contributed by atoms with van der Waals surface area (Å²) >= 11 is -0.496. The number of hydrogen-bond donors (Lipinski definition) is 3. The van der Waals surface area contributed by atoms with E-state index >= 15 is 0 Å². The molecule has 140 valence electrons. The average Bonchev–Trinajstić information content (AvgIpc) is 2.66. The van der Waals surface area contributed by atoms with Gasteiger partial charge in [0, 0.05) is 0 Å². The number of aliphatic hydroxyl groups is 1. The molecule has 0 saturated heterocycles. The molecular formula is C22H18O5Sn. The van der Waals surface area contributed by atoms with Gasteiger partial charge in [0.15, 0.2) is 0 Å². The molecule has 1 atom stereocenters. The first-order chi connectivity index (χ1) is 13.5. The third-order valence-electron chi connectivity index (χ3n) is 4.80. The number of aromatic carboxylic acids is 1. The monoisotopic (exact) mass is 482 g/mol. The molecule has 2 aromatic carbocycles. The van der Waals surface area contributed by atoms with Crippen LogP contribution in [-0.2, 0) is 4.44 Å². The first-order valence-corrected chi connectivity index (χ1v) is 13.7. The summed E-state index contributed by atoms with van der Waals surface area (Å²) in [5.41, 5.74) is 4.25. The van der Waals surface area contributed by atoms with Crippen LogP contribution < -0.4 is 4.74 Å². The number of fused-ring (bicyclic) bond motifs is 2. The second-order valence-corrected chi connectivity index (χ2v) is 9.72. The summed E-state index contributed by atoms with van der Waals surface area (Å²) in [5.74, 6) is -0.390. The van der Waals surface area contributed by atoms with Crippen molar-refractivity contribution in [1.82, 2.24) is 0 Å². The van der Waals surface area contributed by atoms with Gasteiger partial charge in [-0.25, -0.2) is 0 Å². The SMILES string of the molecule is [CH3][Sn][CH2]c1ccc(C(=O)O)c(C2=C3C=CC(O)=CC3Oc3cc(O)ccc32)c1. The third kappa shape index (κ3) is 3.30. The Kier molecular flexibility index (Phi) is 4.93. The third-order valence-corrected chi connectivity index (χ3v) is 6.98. The maximum atomic E-state index is 12.0. The van der Waals surface area contributed by atoms with E-state index in [9.17, 15) is 20.1 Å². The summed E-state index contributed by atoms with van der Waals surface area (Å²) in [4.78, 5) is 14.2. The molecule has 5 nitrogen and oxygen atoms in total. The van der Waals surface area contributed by atoms with Crippen LogP contribution in [-0.4, -0.2) is 48.5 Å². The number of allylic oxidation sites excluding steroid dienone is 1. The molecule has 0 aromatic heterocycles. The number of hydrogen-bond acceptors (Lipinski definition) is 4. The average molecular weight is 481 g/mol. The Bertz CT molecular complexity index is 1060. The minimum absolute atomic E-state index is 0.0617. The number of carboxylic acid groups (broad SMARTS) is 1. The molecule has 28 heavy (non-hydrogen) atoms. The van der Waals surface area contributed by atoms with Gasteiger partial charge in [-0.05, 0) is 0 Å². The summed E-state index contributed by atoms with van der Waals surface area (Å²) in [6.07, 6.45) is 4.36. The van der Waals surface area contributed by atoms with Crippen LogP contribution in [0.25, 0.3) is 5.57 Å². The van der Waals surface area contributed by atoms with E-state index < -0.39 is 33.2 Å². The van der Waals surface area contributed by atoms with Gasteiger partial charge in [-0.3, -0.25) is 0 Å². The van der Waals surface area contributed by atoms with Gasteiger partial charge in [0.1, 0.15) is 0 Å². The normalized spacial score (nSPS) is 17.5. The summed E-state index contributed by atoms with van der Waals surface area (Å²) in [6.45, 7) is 0. The van der Waals surface area contributed by atoms with E-state index in [1.54, 1.807) is 36.4 Å². The first-order valence-electron chi connectivity index (χ1n) is 8.82. The molecule has 1 unspecified atom stereocenters. The molecule has 1 aliphatic heterocycles. The van der Waals surface area contributed by atoms with Crippen LogP contribution in [0.5, 0.6) is 11.5 Å². The summed E-state index contributed by atoms with van der Waals surface area (Å²) in [7, 11) is 0. The van der Waals surface area contributed by atoms with Crippen LogP contribution in [0.3, 0.4) is 0 Å². The van der Waals surface area contributed by atoms with Gasteiger partial charge >= 0.3 is 173 Å². The van der Waals surface area contributed by atoms with Crippen LogP contribution in [0.15, 0.2) is 66.0 Å². The number of phenolic OH excluding ortho intramolecular Hbond substituents is 1. The van der Waals surface area contributed by atoms with E-state index in [1.807, 2.05) is 12.1 Å². The zero-order valence-corrected chi connectivity index (χ0v) is 18.0. The van der Waals surface area contributed by atoms with Crippen molar-refractivity contribution in [3.63, 3.8) is 0 Å². The number of aliphatic hydroxyl groups excluding tert-OH is 1. The first kappa shape index (κ1) is 18.7. The predicted molar refractivity (Wildman–Crippen MR) is 107 cm³/mol. The van der Waals surface area contributed by atoms with Crippen molar-refractivity contribution in [3.05, 3.63) is 88.2 Å². The van der Waals surface area contributed by atoms with Crippen LogP contribution in [0.4, 0.5) is 0 Å². The fraction of sp³-hybridized carbons (Fsp3) is 0.136. The van der Waals surface area contributed by atoms with Crippen LogP contribution in [0.1, 0.15) is 27.0 Å². The number of aromatic hydroxyl groups is 1. The van der Waals surface area contributed by atoms with Gasteiger partial charge in [0.2, 0.25) is 0 Å². The summed E-state index contributed by atoms with van der Waals surface area (Å²) in [5, 5.41) is 29.6. The predicted octanol–water partition coefficient (Wildman–Crippen LogP) is 3.92. The molecule has 2 aliphatic rings. The number of benzene rings is 2. The molecule has 6 heteroatoms. The van der Waals surface area contributed by atoms with E-state index in [4.69, 9.17) is 4.74 Å². The molecule has 1 aliphatic carbocycles. The van der Waals surface area contributed by atoms with Crippen molar-refractivity contribution in [2.75, 3.05) is 0 Å². The number of carbonyl (C=O) groups is 1. The van der Waals surface area contributed by atoms with Gasteiger partial charge in [-0.2, -0.15) is 0 Å². The summed E-state index contributed by atoms with van der Waals surface area (Å²) in [6, 6.07) is 10.3. The van der Waals surface area contributed by atoms with E-state index in [0.29, 0.717) is 11.3 Å². The molecule has 2 radical (unpaired) electrons. The van der Waals surface area contributed by atoms with E-state index in [-0.39, 0.29) is 17.1 Å². The Hall–Kier alpha value is -2.67. The number of phenols is 1. The van der Waals surface area contributed by atoms with Gasteiger partial charge in [0.05, 0.1) is 0 Å². The number of ether oxygens (including phenoxy) is 1. The van der Waals surface area contributed by atoms with Gasteiger partial charge in [-0.1, -0.05) is 0 Å². The quantitative estimate of drug-likeness (QED) is 0.577. The minimum atomic E-state index is -0.993. The van der Waals surface area contributed by atoms with Crippen molar-refractivity contribution in [3.8, 4) is 11.5 Å². The molecule has 0 amide bonds. The van der Waals surface area contributed by atoms with Crippen molar-refractivity contribution >= 4 is 32.7 Å². The summed E-state index contributed by atoms with van der Waals surface area (Å²) < 4.78 is 6.98. The van der Waals surface area contributed by atoms with Crippen molar-refractivity contribution in [2.24, 2.45) is 0 Å². The molecular weight excluding hydrogens is 463 g/mol. The fourth-order valence-corrected chi connectivity index (χ4v) is 5.39. The Labute approximate surface area is 172 Å². The van der Waals surface area contributed by atoms with Crippen LogP contribution in [0, 0.1) is 0 Å². The molecule has 1 heterocycles.